The lowest BCUT2D eigenvalue weighted by Crippen LogP contribution is -2.29. The third kappa shape index (κ3) is 35.8. The molecule has 0 amide bonds. The van der Waals surface area contributed by atoms with E-state index >= 15 is 0 Å². The third-order valence-corrected chi connectivity index (χ3v) is 9.90. The van der Waals surface area contributed by atoms with Crippen molar-refractivity contribution in [1.29, 1.82) is 0 Å². The number of rotatable bonds is 38. The van der Waals surface area contributed by atoms with Crippen molar-refractivity contribution in [2.75, 3.05) is 13.2 Å². The summed E-state index contributed by atoms with van der Waals surface area (Å²) in [7, 11) is -4.78. The number of carbonyl (C=O) groups is 2. The van der Waals surface area contributed by atoms with Gasteiger partial charge in [0.1, 0.15) is 6.61 Å². The van der Waals surface area contributed by atoms with E-state index in [2.05, 4.69) is 73.1 Å². The number of hydrogen-bond donors (Lipinski definition) is 2. The molecular weight excluding hydrogens is 715 g/mol. The van der Waals surface area contributed by atoms with E-state index in [9.17, 15) is 14.2 Å². The Hall–Kier alpha value is -2.29. The van der Waals surface area contributed by atoms with Crippen LogP contribution in [0.2, 0.25) is 0 Å². The maximum absolute atomic E-state index is 12.4. The first-order valence-corrected chi connectivity index (χ1v) is 23.2. The number of esters is 2. The van der Waals surface area contributed by atoms with Crippen LogP contribution in [0.15, 0.2) is 60.8 Å². The number of hydrogen-bond acceptors (Lipinski definition) is 7. The van der Waals surface area contributed by atoms with Crippen LogP contribution in [-0.2, 0) is 32.9 Å². The van der Waals surface area contributed by atoms with Crippen LogP contribution in [0.4, 0.5) is 0 Å². The van der Waals surface area contributed by atoms with Crippen LogP contribution < -0.4 is 0 Å². The summed E-state index contributed by atoms with van der Waals surface area (Å²) in [5.41, 5.74) is 0. The summed E-state index contributed by atoms with van der Waals surface area (Å²) >= 11 is 0. The first kappa shape index (κ1) is 50.7. The molecule has 316 valence electrons. The summed E-state index contributed by atoms with van der Waals surface area (Å²) in [5.74, 6) is -0.963. The van der Waals surface area contributed by atoms with Crippen molar-refractivity contribution in [2.45, 2.75) is 199 Å². The molecule has 9 nitrogen and oxygen atoms in total. The molecule has 0 radical (unpaired) electrons. The highest BCUT2D eigenvalue weighted by molar-refractivity contribution is 7.46. The second-order valence-electron chi connectivity index (χ2n) is 14.7. The Morgan fingerprint density at radius 1 is 0.564 bits per heavy atom. The van der Waals surface area contributed by atoms with E-state index in [0.29, 0.717) is 31.5 Å². The monoisotopic (exact) mass is 793 g/mol. The predicted octanol–water partition coefficient (Wildman–Crippen LogP) is 12.3. The van der Waals surface area contributed by atoms with Crippen LogP contribution in [0.5, 0.6) is 0 Å². The van der Waals surface area contributed by atoms with Gasteiger partial charge in [-0.3, -0.25) is 14.1 Å². The lowest BCUT2D eigenvalue weighted by Gasteiger charge is -2.18. The van der Waals surface area contributed by atoms with Crippen LogP contribution in [0.1, 0.15) is 181 Å². The van der Waals surface area contributed by atoms with E-state index in [-0.39, 0.29) is 19.4 Å². The van der Waals surface area contributed by atoms with Gasteiger partial charge in [-0.25, -0.2) is 4.57 Å². The quantitative estimate of drug-likeness (QED) is 0.0206. The molecular formula is C45H77O9P. The van der Waals surface area contributed by atoms with Crippen molar-refractivity contribution in [2.24, 2.45) is 0 Å². The molecule has 0 spiro atoms. The van der Waals surface area contributed by atoms with Crippen LogP contribution in [-0.4, -0.2) is 53.3 Å². The van der Waals surface area contributed by atoms with Crippen molar-refractivity contribution in [3.63, 3.8) is 0 Å². The van der Waals surface area contributed by atoms with Gasteiger partial charge < -0.3 is 24.0 Å². The molecule has 1 aliphatic heterocycles. The van der Waals surface area contributed by atoms with E-state index in [1.54, 1.807) is 0 Å². The highest BCUT2D eigenvalue weighted by Gasteiger charge is 2.36. The molecule has 0 bridgehead atoms. The Labute approximate surface area is 334 Å². The SMILES string of the molecule is CCCCC/C=C\C/C=C\CCCCCCCCCCCC(=O)OC[C@H](COP(=O)(O)O)OC(=O)CCC/C=C\C/C=C\CC1OC1C/C=C\CCCCC. The summed E-state index contributed by atoms with van der Waals surface area (Å²) < 4.78 is 32.1. The van der Waals surface area contributed by atoms with Crippen molar-refractivity contribution >= 4 is 19.8 Å². The highest BCUT2D eigenvalue weighted by Crippen LogP contribution is 2.36. The molecule has 3 atom stereocenters. The second-order valence-corrected chi connectivity index (χ2v) is 15.9. The molecule has 1 fully saturated rings. The van der Waals surface area contributed by atoms with E-state index in [1.165, 1.54) is 77.0 Å². The molecule has 0 saturated carbocycles. The Bertz CT molecular complexity index is 1140. The van der Waals surface area contributed by atoms with Crippen LogP contribution in [0.25, 0.3) is 0 Å². The van der Waals surface area contributed by atoms with Gasteiger partial charge in [0.2, 0.25) is 0 Å². The fourth-order valence-electron chi connectivity index (χ4n) is 6.02. The van der Waals surface area contributed by atoms with Gasteiger partial charge in [-0.1, -0.05) is 145 Å². The number of ether oxygens (including phenoxy) is 3. The van der Waals surface area contributed by atoms with Gasteiger partial charge in [0, 0.05) is 12.8 Å². The minimum Gasteiger partial charge on any atom is -0.462 e. The maximum Gasteiger partial charge on any atom is 0.469 e. The summed E-state index contributed by atoms with van der Waals surface area (Å²) in [5, 5.41) is 0. The van der Waals surface area contributed by atoms with Gasteiger partial charge in [-0.05, 0) is 83.5 Å². The highest BCUT2D eigenvalue weighted by atomic mass is 31.2. The summed E-state index contributed by atoms with van der Waals surface area (Å²) in [6, 6.07) is 0. The summed E-state index contributed by atoms with van der Waals surface area (Å²) in [6.07, 6.45) is 48.3. The molecule has 10 heteroatoms. The van der Waals surface area contributed by atoms with Gasteiger partial charge in [-0.2, -0.15) is 0 Å². The lowest BCUT2D eigenvalue weighted by atomic mass is 10.1. The van der Waals surface area contributed by atoms with Gasteiger partial charge in [0.15, 0.2) is 6.10 Å². The first-order chi connectivity index (χ1) is 26.7. The van der Waals surface area contributed by atoms with Crippen molar-refractivity contribution in [3.05, 3.63) is 60.8 Å². The zero-order chi connectivity index (χ0) is 40.1. The first-order valence-electron chi connectivity index (χ1n) is 21.7. The third-order valence-electron chi connectivity index (χ3n) is 9.41. The van der Waals surface area contributed by atoms with Crippen molar-refractivity contribution in [3.8, 4) is 0 Å². The topological polar surface area (TPSA) is 132 Å². The van der Waals surface area contributed by atoms with Gasteiger partial charge in [0.05, 0.1) is 18.8 Å². The standard InChI is InChI=1S/C45H77O9P/c1-3-5-7-9-11-12-13-14-15-16-17-18-19-20-21-22-25-29-33-37-44(46)51-39-41(40-52-55(48,49)50)53-45(47)38-34-30-26-23-24-28-32-36-43-42(54-43)35-31-27-10-8-6-4-2/h11-12,14-15,23,26-28,31-32,41-43H,3-10,13,16-22,24-25,29-30,33-40H2,1-2H3,(H2,48,49,50)/b12-11-,15-14-,26-23-,31-27-,32-28-/t41-,42?,43?/m1/s1. The molecule has 0 aromatic rings. The van der Waals surface area contributed by atoms with E-state index in [4.69, 9.17) is 24.0 Å². The maximum atomic E-state index is 12.4. The van der Waals surface area contributed by atoms with E-state index in [0.717, 1.165) is 57.8 Å². The Morgan fingerprint density at radius 3 is 1.55 bits per heavy atom. The van der Waals surface area contributed by atoms with Crippen LogP contribution >= 0.6 is 7.82 Å². The number of phosphoric acid groups is 1. The fourth-order valence-corrected chi connectivity index (χ4v) is 6.39. The number of unbranched alkanes of at least 4 members (excludes halogenated alkanes) is 16. The number of carbonyl (C=O) groups excluding carboxylic acids is 2. The fraction of sp³-hybridized carbons (Fsp3) is 0.733. The minimum atomic E-state index is -4.78. The molecule has 2 unspecified atom stereocenters. The smallest absolute Gasteiger partial charge is 0.462 e. The van der Waals surface area contributed by atoms with E-state index < -0.39 is 32.5 Å². The molecule has 1 saturated heterocycles. The van der Waals surface area contributed by atoms with Gasteiger partial charge >= 0.3 is 19.8 Å². The van der Waals surface area contributed by atoms with Crippen LogP contribution in [0.3, 0.4) is 0 Å². The lowest BCUT2D eigenvalue weighted by molar-refractivity contribution is -0.161. The molecule has 0 aromatic heterocycles. The molecule has 1 heterocycles. The Balaban J connectivity index is 2.09. The second kappa shape index (κ2) is 36.1. The predicted molar refractivity (Wildman–Crippen MR) is 225 cm³/mol. The number of phosphoric ester groups is 1. The van der Waals surface area contributed by atoms with Crippen molar-refractivity contribution in [1.82, 2.24) is 0 Å². The minimum absolute atomic E-state index is 0.128. The average molecular weight is 793 g/mol. The molecule has 1 aliphatic rings. The molecule has 0 aromatic carbocycles. The normalized spacial score (nSPS) is 16.7. The van der Waals surface area contributed by atoms with Gasteiger partial charge in [-0.15, -0.1) is 0 Å². The molecule has 2 N–H and O–H groups in total. The zero-order valence-corrected chi connectivity index (χ0v) is 35.4. The average Bonchev–Trinajstić information content (AvgIpc) is 3.91. The Morgan fingerprint density at radius 2 is 1.00 bits per heavy atom. The summed E-state index contributed by atoms with van der Waals surface area (Å²) in [6.45, 7) is 3.57. The van der Waals surface area contributed by atoms with Crippen molar-refractivity contribution < 1.29 is 42.7 Å². The molecule has 0 aliphatic carbocycles. The molecule has 1 rings (SSSR count). The van der Waals surface area contributed by atoms with Gasteiger partial charge in [0.25, 0.3) is 0 Å². The largest absolute Gasteiger partial charge is 0.469 e. The van der Waals surface area contributed by atoms with Crippen LogP contribution in [0, 0.1) is 0 Å². The zero-order valence-electron chi connectivity index (χ0n) is 34.5. The van der Waals surface area contributed by atoms with E-state index in [1.807, 2.05) is 6.08 Å². The number of allylic oxidation sites excluding steroid dienone is 8. The Kier molecular flexibility index (Phi) is 33.3. The number of epoxide rings is 1. The summed E-state index contributed by atoms with van der Waals surface area (Å²) in [4.78, 5) is 42.9. The molecule has 55 heavy (non-hydrogen) atoms.